The van der Waals surface area contributed by atoms with Crippen LogP contribution >= 0.6 is 31.9 Å². The highest BCUT2D eigenvalue weighted by molar-refractivity contribution is 9.11. The minimum absolute atomic E-state index is 0.555. The topological polar surface area (TPSA) is 38.7 Å². The fourth-order valence-corrected chi connectivity index (χ4v) is 3.29. The molecule has 0 aliphatic carbocycles. The first-order valence-electron chi connectivity index (χ1n) is 6.31. The molecule has 1 unspecified atom stereocenters. The lowest BCUT2D eigenvalue weighted by Crippen LogP contribution is -2.23. The van der Waals surface area contributed by atoms with Crippen LogP contribution in [0.15, 0.2) is 45.3 Å². The predicted octanol–water partition coefficient (Wildman–Crippen LogP) is 4.48. The fourth-order valence-electron chi connectivity index (χ4n) is 2.23. The summed E-state index contributed by atoms with van der Waals surface area (Å²) in [6, 6.07) is 11.2. The van der Waals surface area contributed by atoms with Crippen LogP contribution in [0.2, 0.25) is 0 Å². The third-order valence-electron chi connectivity index (χ3n) is 3.40. The Bertz CT molecular complexity index is 654. The molecule has 0 aliphatic rings. The van der Waals surface area contributed by atoms with E-state index in [0.717, 1.165) is 10.0 Å². The summed E-state index contributed by atoms with van der Waals surface area (Å²) in [7, 11) is 3.16. The monoisotopic (exact) mass is 414 g/mol. The summed E-state index contributed by atoms with van der Waals surface area (Å²) in [5, 5.41) is 11.0. The average molecular weight is 416 g/mol. The molecule has 2 aromatic carbocycles. The van der Waals surface area contributed by atoms with E-state index >= 15 is 0 Å². The largest absolute Gasteiger partial charge is 0.495 e. The van der Waals surface area contributed by atoms with Gasteiger partial charge < -0.3 is 14.6 Å². The van der Waals surface area contributed by atoms with Gasteiger partial charge in [0, 0.05) is 10.0 Å². The molecule has 112 valence electrons. The van der Waals surface area contributed by atoms with Crippen molar-refractivity contribution in [3.05, 3.63) is 56.5 Å². The smallest absolute Gasteiger partial charge is 0.143 e. The summed E-state index contributed by atoms with van der Waals surface area (Å²) in [4.78, 5) is 0. The first-order valence-corrected chi connectivity index (χ1v) is 7.89. The molecule has 0 fully saturated rings. The van der Waals surface area contributed by atoms with E-state index in [-0.39, 0.29) is 0 Å². The Morgan fingerprint density at radius 1 is 1.05 bits per heavy atom. The van der Waals surface area contributed by atoms with Gasteiger partial charge in [-0.3, -0.25) is 0 Å². The van der Waals surface area contributed by atoms with Gasteiger partial charge >= 0.3 is 0 Å². The minimum Gasteiger partial charge on any atom is -0.495 e. The lowest BCUT2D eigenvalue weighted by Gasteiger charge is -2.27. The van der Waals surface area contributed by atoms with E-state index in [1.165, 1.54) is 0 Å². The van der Waals surface area contributed by atoms with Crippen molar-refractivity contribution < 1.29 is 14.6 Å². The van der Waals surface area contributed by atoms with Crippen molar-refractivity contribution in [2.45, 2.75) is 12.5 Å². The van der Waals surface area contributed by atoms with Crippen LogP contribution in [0, 0.1) is 0 Å². The van der Waals surface area contributed by atoms with Crippen LogP contribution in [-0.4, -0.2) is 19.3 Å². The van der Waals surface area contributed by atoms with Crippen molar-refractivity contribution >= 4 is 31.9 Å². The van der Waals surface area contributed by atoms with Crippen LogP contribution in [0.25, 0.3) is 0 Å². The Morgan fingerprint density at radius 2 is 1.76 bits per heavy atom. The van der Waals surface area contributed by atoms with Crippen LogP contribution in [0.3, 0.4) is 0 Å². The molecule has 0 radical (unpaired) electrons. The number of hydrogen-bond acceptors (Lipinski definition) is 3. The molecule has 0 bridgehead atoms. The number of ether oxygens (including phenoxy) is 2. The highest BCUT2D eigenvalue weighted by Gasteiger charge is 2.31. The molecule has 2 rings (SSSR count). The second-order valence-corrected chi connectivity index (χ2v) is 6.45. The third-order valence-corrected chi connectivity index (χ3v) is 4.64. The molecule has 2 aromatic rings. The van der Waals surface area contributed by atoms with Gasteiger partial charge in [-0.15, -0.1) is 0 Å². The maximum absolute atomic E-state index is 11.0. The molecule has 21 heavy (non-hydrogen) atoms. The van der Waals surface area contributed by atoms with Crippen LogP contribution in [0.5, 0.6) is 11.5 Å². The van der Waals surface area contributed by atoms with Crippen molar-refractivity contribution in [2.75, 3.05) is 14.2 Å². The summed E-state index contributed by atoms with van der Waals surface area (Å²) in [6.07, 6.45) is 0. The molecule has 0 saturated carbocycles. The number of halogens is 2. The number of methoxy groups -OCH3 is 2. The van der Waals surface area contributed by atoms with Gasteiger partial charge in [-0.1, -0.05) is 28.1 Å². The van der Waals surface area contributed by atoms with Gasteiger partial charge in [0.05, 0.1) is 14.2 Å². The van der Waals surface area contributed by atoms with Crippen molar-refractivity contribution in [1.29, 1.82) is 0 Å². The lowest BCUT2D eigenvalue weighted by molar-refractivity contribution is 0.0986. The second-order valence-electron chi connectivity index (χ2n) is 4.75. The first-order chi connectivity index (χ1) is 9.91. The van der Waals surface area contributed by atoms with Crippen LogP contribution < -0.4 is 9.47 Å². The van der Waals surface area contributed by atoms with Crippen molar-refractivity contribution in [3.8, 4) is 11.5 Å². The Kier molecular flexibility index (Phi) is 4.96. The Hall–Kier alpha value is -1.04. The predicted molar refractivity (Wildman–Crippen MR) is 90.1 cm³/mol. The van der Waals surface area contributed by atoms with E-state index in [1.807, 2.05) is 30.3 Å². The van der Waals surface area contributed by atoms with Crippen molar-refractivity contribution in [2.24, 2.45) is 0 Å². The Labute approximate surface area is 141 Å². The second kappa shape index (κ2) is 6.38. The molecule has 0 heterocycles. The SMILES string of the molecule is COc1ccc(C(C)(O)c2cccc(Br)c2)c(OC)c1Br. The standard InChI is InChI=1S/C16H16Br2O3/c1-16(19,10-5-4-6-11(17)9-10)12-7-8-13(20-2)14(18)15(12)21-3/h4-9,19H,1-3H3. The minimum atomic E-state index is -1.19. The maximum atomic E-state index is 11.0. The molecule has 0 aromatic heterocycles. The van der Waals surface area contributed by atoms with E-state index in [9.17, 15) is 5.11 Å². The normalized spacial score (nSPS) is 13.6. The number of hydrogen-bond donors (Lipinski definition) is 1. The summed E-state index contributed by atoms with van der Waals surface area (Å²) in [5.41, 5.74) is 0.243. The summed E-state index contributed by atoms with van der Waals surface area (Å²) >= 11 is 6.89. The quantitative estimate of drug-likeness (QED) is 0.799. The zero-order valence-electron chi connectivity index (χ0n) is 12.0. The summed E-state index contributed by atoms with van der Waals surface area (Å²) in [5.74, 6) is 1.21. The zero-order chi connectivity index (χ0) is 15.6. The van der Waals surface area contributed by atoms with Gasteiger partial charge in [0.25, 0.3) is 0 Å². The highest BCUT2D eigenvalue weighted by Crippen LogP contribution is 2.43. The molecule has 1 N–H and O–H groups in total. The molecule has 0 spiro atoms. The molecule has 0 amide bonds. The highest BCUT2D eigenvalue weighted by atomic mass is 79.9. The van der Waals surface area contributed by atoms with Gasteiger partial charge in [-0.25, -0.2) is 0 Å². The van der Waals surface area contributed by atoms with Crippen molar-refractivity contribution in [1.82, 2.24) is 0 Å². The van der Waals surface area contributed by atoms with Crippen LogP contribution in [0.4, 0.5) is 0 Å². The Balaban J connectivity index is 2.62. The van der Waals surface area contributed by atoms with Crippen LogP contribution in [-0.2, 0) is 5.60 Å². The van der Waals surface area contributed by atoms with Gasteiger partial charge in [-0.2, -0.15) is 0 Å². The van der Waals surface area contributed by atoms with Gasteiger partial charge in [0.2, 0.25) is 0 Å². The molecule has 0 saturated heterocycles. The van der Waals surface area contributed by atoms with Gasteiger partial charge in [0.1, 0.15) is 21.6 Å². The van der Waals surface area contributed by atoms with E-state index < -0.39 is 5.60 Å². The molecule has 5 heteroatoms. The zero-order valence-corrected chi connectivity index (χ0v) is 15.2. The van der Waals surface area contributed by atoms with Crippen molar-refractivity contribution in [3.63, 3.8) is 0 Å². The molecule has 0 aliphatic heterocycles. The maximum Gasteiger partial charge on any atom is 0.143 e. The fraction of sp³-hybridized carbons (Fsp3) is 0.250. The van der Waals surface area contributed by atoms with Gasteiger partial charge in [-0.05, 0) is 52.7 Å². The van der Waals surface area contributed by atoms with E-state index in [4.69, 9.17) is 9.47 Å². The lowest BCUT2D eigenvalue weighted by atomic mass is 9.87. The average Bonchev–Trinajstić information content (AvgIpc) is 2.46. The first kappa shape index (κ1) is 16.3. The summed E-state index contributed by atoms with van der Waals surface area (Å²) in [6.45, 7) is 1.74. The van der Waals surface area contributed by atoms with E-state index in [1.54, 1.807) is 27.2 Å². The van der Waals surface area contributed by atoms with Crippen LogP contribution in [0.1, 0.15) is 18.1 Å². The third kappa shape index (κ3) is 3.10. The Morgan fingerprint density at radius 3 is 2.33 bits per heavy atom. The van der Waals surface area contributed by atoms with E-state index in [0.29, 0.717) is 21.5 Å². The summed E-state index contributed by atoms with van der Waals surface area (Å²) < 4.78 is 12.3. The molecule has 3 nitrogen and oxygen atoms in total. The molecular weight excluding hydrogens is 400 g/mol. The number of benzene rings is 2. The molecular formula is C16H16Br2O3. The van der Waals surface area contributed by atoms with Gasteiger partial charge in [0.15, 0.2) is 0 Å². The molecule has 1 atom stereocenters. The number of rotatable bonds is 4. The number of aliphatic hydroxyl groups is 1. The van der Waals surface area contributed by atoms with E-state index in [2.05, 4.69) is 31.9 Å².